The van der Waals surface area contributed by atoms with E-state index in [0.29, 0.717) is 29.2 Å². The van der Waals surface area contributed by atoms with Gasteiger partial charge in [-0.25, -0.2) is 22.5 Å². The van der Waals surface area contributed by atoms with Gasteiger partial charge in [0, 0.05) is 28.5 Å². The van der Waals surface area contributed by atoms with E-state index in [4.69, 9.17) is 26.7 Å². The van der Waals surface area contributed by atoms with Crippen molar-refractivity contribution < 1.29 is 27.4 Å². The molecule has 1 aliphatic rings. The fourth-order valence-corrected chi connectivity index (χ4v) is 5.99. The molecule has 0 saturated heterocycles. The number of halogens is 5. The first-order valence-corrected chi connectivity index (χ1v) is 14.1. The fraction of sp³-hybridized carbons (Fsp3) is 0.290. The van der Waals surface area contributed by atoms with Gasteiger partial charge in [0.15, 0.2) is 0 Å². The van der Waals surface area contributed by atoms with Crippen LogP contribution in [0, 0.1) is 24.0 Å². The SMILES string of the molecule is C=C1C=C(CC(O)(c2cc(C(C)CC)c(C)c(-c3cc(Cl)c(F)cc3F)n2)c2cc(C(F)F)cs2)C=C(OC)C1=N. The third-order valence-corrected chi connectivity index (χ3v) is 8.74. The second kappa shape index (κ2) is 11.9. The first-order chi connectivity index (χ1) is 19.3. The Morgan fingerprint density at radius 2 is 1.88 bits per heavy atom. The lowest BCUT2D eigenvalue weighted by Gasteiger charge is -2.31. The maximum atomic E-state index is 15.1. The van der Waals surface area contributed by atoms with Crippen LogP contribution in [0.1, 0.15) is 66.3 Å². The Bertz CT molecular complexity index is 1600. The van der Waals surface area contributed by atoms with Crippen LogP contribution in [0.3, 0.4) is 0 Å². The lowest BCUT2D eigenvalue weighted by atomic mass is 9.83. The molecule has 216 valence electrons. The number of pyridine rings is 1. The van der Waals surface area contributed by atoms with Gasteiger partial charge in [-0.15, -0.1) is 11.3 Å². The van der Waals surface area contributed by atoms with Gasteiger partial charge in [-0.05, 0) is 77.3 Å². The van der Waals surface area contributed by atoms with Crippen molar-refractivity contribution in [1.82, 2.24) is 4.98 Å². The molecule has 2 heterocycles. The number of methoxy groups -OCH3 is 1. The summed E-state index contributed by atoms with van der Waals surface area (Å²) in [5.74, 6) is -1.62. The molecule has 3 aromatic rings. The lowest BCUT2D eigenvalue weighted by molar-refractivity contribution is 0.0806. The van der Waals surface area contributed by atoms with Gasteiger partial charge in [-0.2, -0.15) is 0 Å². The fourth-order valence-electron chi connectivity index (χ4n) is 4.82. The van der Waals surface area contributed by atoms with E-state index in [2.05, 4.69) is 6.58 Å². The first kappa shape index (κ1) is 30.7. The summed E-state index contributed by atoms with van der Waals surface area (Å²) in [4.78, 5) is 4.89. The Kier molecular flexibility index (Phi) is 8.92. The van der Waals surface area contributed by atoms with Crippen LogP contribution in [0.2, 0.25) is 5.02 Å². The van der Waals surface area contributed by atoms with Crippen molar-refractivity contribution in [2.24, 2.45) is 0 Å². The van der Waals surface area contributed by atoms with Crippen LogP contribution in [0.25, 0.3) is 11.3 Å². The molecule has 1 aliphatic carbocycles. The summed E-state index contributed by atoms with van der Waals surface area (Å²) in [6.07, 6.45) is 0.995. The minimum absolute atomic E-state index is 0.0483. The number of hydrogen-bond donors (Lipinski definition) is 2. The predicted octanol–water partition coefficient (Wildman–Crippen LogP) is 9.17. The number of aromatic nitrogens is 1. The average molecular weight is 605 g/mol. The zero-order chi connectivity index (χ0) is 30.2. The molecular formula is C31H29ClF4N2O2S. The molecule has 0 fully saturated rings. The molecule has 1 aromatic carbocycles. The number of rotatable bonds is 9. The summed E-state index contributed by atoms with van der Waals surface area (Å²) >= 11 is 6.97. The largest absolute Gasteiger partial charge is 0.494 e. The highest BCUT2D eigenvalue weighted by Crippen LogP contribution is 2.44. The van der Waals surface area contributed by atoms with E-state index in [0.717, 1.165) is 23.0 Å². The van der Waals surface area contributed by atoms with E-state index in [1.165, 1.54) is 18.6 Å². The molecule has 0 amide bonds. The van der Waals surface area contributed by atoms with Gasteiger partial charge in [0.25, 0.3) is 6.43 Å². The van der Waals surface area contributed by atoms with E-state index in [9.17, 15) is 18.3 Å². The van der Waals surface area contributed by atoms with E-state index < -0.39 is 23.7 Å². The number of benzene rings is 1. The van der Waals surface area contributed by atoms with Gasteiger partial charge in [0.05, 0.1) is 23.5 Å². The van der Waals surface area contributed by atoms with Crippen LogP contribution in [-0.2, 0) is 10.3 Å². The van der Waals surface area contributed by atoms with Gasteiger partial charge >= 0.3 is 0 Å². The number of allylic oxidation sites excluding steroid dienone is 3. The minimum atomic E-state index is -2.76. The summed E-state index contributed by atoms with van der Waals surface area (Å²) in [5, 5.41) is 21.6. The molecule has 2 N–H and O–H groups in total. The normalized spacial score (nSPS) is 16.0. The highest BCUT2D eigenvalue weighted by molar-refractivity contribution is 7.10. The van der Waals surface area contributed by atoms with E-state index in [1.54, 1.807) is 25.1 Å². The van der Waals surface area contributed by atoms with E-state index >= 15 is 4.39 Å². The molecule has 0 bridgehead atoms. The van der Waals surface area contributed by atoms with Crippen LogP contribution >= 0.6 is 22.9 Å². The lowest BCUT2D eigenvalue weighted by Crippen LogP contribution is -2.29. The summed E-state index contributed by atoms with van der Waals surface area (Å²) in [7, 11) is 1.41. The molecule has 10 heteroatoms. The minimum Gasteiger partial charge on any atom is -0.494 e. The number of thiophene rings is 1. The Morgan fingerprint density at radius 1 is 1.17 bits per heavy atom. The molecule has 41 heavy (non-hydrogen) atoms. The number of aliphatic hydroxyl groups is 1. The first-order valence-electron chi connectivity index (χ1n) is 12.8. The van der Waals surface area contributed by atoms with Crippen molar-refractivity contribution in [2.75, 3.05) is 7.11 Å². The topological polar surface area (TPSA) is 66.2 Å². The molecule has 2 unspecified atom stereocenters. The number of nitrogens with one attached hydrogen (secondary N) is 1. The Hall–Kier alpha value is -3.27. The zero-order valence-electron chi connectivity index (χ0n) is 22.9. The van der Waals surface area contributed by atoms with Crippen molar-refractivity contribution >= 4 is 28.6 Å². The van der Waals surface area contributed by atoms with Crippen molar-refractivity contribution in [2.45, 2.75) is 51.6 Å². The molecule has 0 aliphatic heterocycles. The van der Waals surface area contributed by atoms with Crippen LogP contribution in [-0.4, -0.2) is 22.9 Å². The van der Waals surface area contributed by atoms with E-state index in [1.807, 2.05) is 13.8 Å². The molecule has 2 aromatic heterocycles. The standard InChI is InChI=1S/C31H29ClF4N2O2S/c1-6-15(2)20-11-26(38-29(17(20)4)21-10-22(32)24(34)12-23(21)33)31(39,27-9-19(14-41-27)30(35)36)13-18-7-16(3)28(37)25(8-18)40-5/h7-12,14-15,30,37,39H,3,6,13H2,1-2,4-5H3. The van der Waals surface area contributed by atoms with Crippen LogP contribution in [0.4, 0.5) is 17.6 Å². The van der Waals surface area contributed by atoms with E-state index in [-0.39, 0.29) is 56.2 Å². The van der Waals surface area contributed by atoms with Crippen LogP contribution in [0.5, 0.6) is 0 Å². The molecule has 0 spiro atoms. The van der Waals surface area contributed by atoms with Crippen LogP contribution < -0.4 is 0 Å². The monoisotopic (exact) mass is 604 g/mol. The van der Waals surface area contributed by atoms with Crippen molar-refractivity contribution in [3.63, 3.8) is 0 Å². The zero-order valence-corrected chi connectivity index (χ0v) is 24.5. The highest BCUT2D eigenvalue weighted by atomic mass is 35.5. The van der Waals surface area contributed by atoms with Crippen molar-refractivity contribution in [1.29, 1.82) is 5.41 Å². The summed E-state index contributed by atoms with van der Waals surface area (Å²) in [5.41, 5.74) is 0.296. The number of alkyl halides is 2. The predicted molar refractivity (Wildman–Crippen MR) is 155 cm³/mol. The van der Waals surface area contributed by atoms with Gasteiger partial charge in [0.2, 0.25) is 0 Å². The van der Waals surface area contributed by atoms with Crippen LogP contribution in [0.15, 0.2) is 65.3 Å². The summed E-state index contributed by atoms with van der Waals surface area (Å²) in [6.45, 7) is 9.59. The number of nitrogens with zero attached hydrogens (tertiary/aromatic N) is 1. The average Bonchev–Trinajstić information content (AvgIpc) is 3.44. The van der Waals surface area contributed by atoms with Gasteiger partial charge < -0.3 is 9.84 Å². The van der Waals surface area contributed by atoms with Gasteiger partial charge in [-0.1, -0.05) is 32.0 Å². The highest BCUT2D eigenvalue weighted by Gasteiger charge is 2.38. The quantitative estimate of drug-likeness (QED) is 0.189. The Balaban J connectivity index is 2.01. The maximum Gasteiger partial charge on any atom is 0.264 e. The smallest absolute Gasteiger partial charge is 0.264 e. The number of ether oxygens (including phenoxy) is 1. The molecule has 2 atom stereocenters. The van der Waals surface area contributed by atoms with Gasteiger partial charge in [0.1, 0.15) is 28.7 Å². The van der Waals surface area contributed by atoms with Crippen molar-refractivity contribution in [3.8, 4) is 11.3 Å². The van der Waals surface area contributed by atoms with Gasteiger partial charge in [-0.3, -0.25) is 5.41 Å². The number of hydrogen-bond acceptors (Lipinski definition) is 5. The molecule has 4 rings (SSSR count). The Morgan fingerprint density at radius 3 is 2.49 bits per heavy atom. The second-order valence-electron chi connectivity index (χ2n) is 10.0. The van der Waals surface area contributed by atoms with Crippen molar-refractivity contribution in [3.05, 3.63) is 109 Å². The summed E-state index contributed by atoms with van der Waals surface area (Å²) in [6, 6.07) is 4.77. The maximum absolute atomic E-state index is 15.1. The second-order valence-corrected chi connectivity index (χ2v) is 11.4. The Labute approximate surface area is 245 Å². The summed E-state index contributed by atoms with van der Waals surface area (Å²) < 4.78 is 61.8. The molecular weight excluding hydrogens is 576 g/mol. The third-order valence-electron chi connectivity index (χ3n) is 7.35. The molecule has 0 radical (unpaired) electrons. The molecule has 4 nitrogen and oxygen atoms in total. The third kappa shape index (κ3) is 5.89. The molecule has 0 saturated carbocycles.